The predicted octanol–water partition coefficient (Wildman–Crippen LogP) is 2.13. The van der Waals surface area contributed by atoms with E-state index in [1.54, 1.807) is 24.3 Å². The fourth-order valence-corrected chi connectivity index (χ4v) is 2.55. The van der Waals surface area contributed by atoms with Gasteiger partial charge < -0.3 is 25.4 Å². The Morgan fingerprint density at radius 1 is 0.857 bits per heavy atom. The van der Waals surface area contributed by atoms with Crippen LogP contribution in [0.3, 0.4) is 0 Å². The molecule has 0 bridgehead atoms. The van der Waals surface area contributed by atoms with Crippen LogP contribution in [0, 0.1) is 0 Å². The number of aromatic hydroxyl groups is 4. The molecular weight excluding hydrogens is 272 g/mol. The van der Waals surface area contributed by atoms with E-state index in [9.17, 15) is 20.4 Å². The number of nitrogens with zero attached hydrogens (tertiary/aromatic N) is 1. The van der Waals surface area contributed by atoms with Crippen LogP contribution in [-0.4, -0.2) is 27.5 Å². The Labute approximate surface area is 119 Å². The summed E-state index contributed by atoms with van der Waals surface area (Å²) in [5.41, 5.74) is 0.130. The Morgan fingerprint density at radius 3 is 1.90 bits per heavy atom. The van der Waals surface area contributed by atoms with Gasteiger partial charge in [0.25, 0.3) is 0 Å². The summed E-state index contributed by atoms with van der Waals surface area (Å²) in [6, 6.07) is 7.85. The number of fused-ring (bicyclic) bond motifs is 2. The summed E-state index contributed by atoms with van der Waals surface area (Å²) < 4.78 is 0. The molecule has 0 atom stereocenters. The molecule has 6 heteroatoms. The van der Waals surface area contributed by atoms with Crippen LogP contribution >= 0.6 is 0 Å². The Kier molecular flexibility index (Phi) is 2.70. The molecule has 3 rings (SSSR count). The quantitative estimate of drug-likeness (QED) is 0.203. The lowest BCUT2D eigenvalue weighted by Crippen LogP contribution is -2.25. The summed E-state index contributed by atoms with van der Waals surface area (Å²) in [6.45, 7) is 0. The highest BCUT2D eigenvalue weighted by Crippen LogP contribution is 2.51. The van der Waals surface area contributed by atoms with Gasteiger partial charge in [0.05, 0.1) is 16.5 Å². The number of nitrogens with two attached hydrogens (primary N) is 1. The lowest BCUT2D eigenvalue weighted by atomic mass is 9.98. The normalized spacial score (nSPS) is 11.1. The number of rotatable bonds is 1. The number of anilines is 1. The van der Waals surface area contributed by atoms with E-state index in [1.807, 2.05) is 0 Å². The van der Waals surface area contributed by atoms with Crippen LogP contribution in [-0.2, 0) is 0 Å². The maximum atomic E-state index is 10.4. The Morgan fingerprint density at radius 2 is 1.38 bits per heavy atom. The fourth-order valence-electron chi connectivity index (χ4n) is 2.55. The first-order valence-electron chi connectivity index (χ1n) is 6.23. The molecule has 6 nitrogen and oxygen atoms in total. The summed E-state index contributed by atoms with van der Waals surface area (Å²) in [6.07, 6.45) is 0. The van der Waals surface area contributed by atoms with Gasteiger partial charge in [0.15, 0.2) is 5.75 Å². The molecule has 0 amide bonds. The van der Waals surface area contributed by atoms with Gasteiger partial charge in [-0.05, 0) is 0 Å². The van der Waals surface area contributed by atoms with Crippen LogP contribution in [0.2, 0.25) is 0 Å². The molecule has 0 unspecified atom stereocenters. The van der Waals surface area contributed by atoms with E-state index in [2.05, 4.69) is 0 Å². The van der Waals surface area contributed by atoms with E-state index in [0.29, 0.717) is 10.8 Å². The maximum absolute atomic E-state index is 10.4. The monoisotopic (exact) mass is 286 g/mol. The lowest BCUT2D eigenvalue weighted by molar-refractivity contribution is 0.451. The van der Waals surface area contributed by atoms with E-state index >= 15 is 0 Å². The number of hydrogen-bond acceptors (Lipinski definition) is 6. The second-order valence-corrected chi connectivity index (χ2v) is 4.87. The van der Waals surface area contributed by atoms with Crippen molar-refractivity contribution in [2.75, 3.05) is 12.1 Å². The first kappa shape index (κ1) is 13.1. The van der Waals surface area contributed by atoms with Crippen LogP contribution in [0.15, 0.2) is 30.3 Å². The molecule has 0 aliphatic rings. The largest absolute Gasteiger partial charge is 0.507 e. The first-order valence-corrected chi connectivity index (χ1v) is 6.23. The third kappa shape index (κ3) is 1.70. The zero-order valence-corrected chi connectivity index (χ0v) is 11.2. The first-order chi connectivity index (χ1) is 9.93. The van der Waals surface area contributed by atoms with Crippen molar-refractivity contribution in [1.82, 2.24) is 0 Å². The smallest absolute Gasteiger partial charge is 0.152 e. The summed E-state index contributed by atoms with van der Waals surface area (Å²) in [4.78, 5) is 0. The highest BCUT2D eigenvalue weighted by Gasteiger charge is 2.22. The topological polar surface area (TPSA) is 110 Å². The molecule has 0 saturated heterocycles. The number of phenolic OH excluding ortho intramolecular Hbond substituents is 4. The van der Waals surface area contributed by atoms with Gasteiger partial charge in [-0.3, -0.25) is 0 Å². The third-order valence-electron chi connectivity index (χ3n) is 3.55. The van der Waals surface area contributed by atoms with E-state index in [4.69, 9.17) is 5.84 Å². The van der Waals surface area contributed by atoms with Gasteiger partial charge in [0.1, 0.15) is 17.2 Å². The van der Waals surface area contributed by atoms with Gasteiger partial charge in [0, 0.05) is 23.9 Å². The fraction of sp³-hybridized carbons (Fsp3) is 0.0667. The van der Waals surface area contributed by atoms with Crippen molar-refractivity contribution < 1.29 is 20.4 Å². The number of hydrogen-bond donors (Lipinski definition) is 5. The summed E-state index contributed by atoms with van der Waals surface area (Å²) in [5.74, 6) is 4.56. The third-order valence-corrected chi connectivity index (χ3v) is 3.55. The number of phenols is 4. The van der Waals surface area contributed by atoms with Gasteiger partial charge in [-0.25, -0.2) is 5.84 Å². The Hall–Kier alpha value is -2.86. The summed E-state index contributed by atoms with van der Waals surface area (Å²) in [5, 5.41) is 43.0. The molecule has 6 N–H and O–H groups in total. The van der Waals surface area contributed by atoms with E-state index in [-0.39, 0.29) is 39.5 Å². The molecule has 0 radical (unpaired) electrons. The van der Waals surface area contributed by atoms with E-state index in [0.717, 1.165) is 5.01 Å². The van der Waals surface area contributed by atoms with Crippen LogP contribution in [0.5, 0.6) is 23.0 Å². The molecule has 0 aromatic heterocycles. The molecule has 3 aromatic rings. The molecule has 0 saturated carbocycles. The molecular formula is C15H14N2O4. The minimum atomic E-state index is -0.314. The van der Waals surface area contributed by atoms with Gasteiger partial charge in [-0.15, -0.1) is 0 Å². The second-order valence-electron chi connectivity index (χ2n) is 4.87. The SMILES string of the molecule is CN(N)c1cc(O)c2c(O)c3ccccc3c(O)c2c1O. The zero-order valence-electron chi connectivity index (χ0n) is 11.2. The average Bonchev–Trinajstić information content (AvgIpc) is 2.46. The van der Waals surface area contributed by atoms with Gasteiger partial charge >= 0.3 is 0 Å². The lowest BCUT2D eigenvalue weighted by Gasteiger charge is -2.18. The van der Waals surface area contributed by atoms with Gasteiger partial charge in [-0.1, -0.05) is 24.3 Å². The molecule has 3 aromatic carbocycles. The van der Waals surface area contributed by atoms with Gasteiger partial charge in [-0.2, -0.15) is 0 Å². The minimum Gasteiger partial charge on any atom is -0.507 e. The molecule has 0 fully saturated rings. The minimum absolute atomic E-state index is 0.0192. The number of hydrazine groups is 1. The summed E-state index contributed by atoms with van der Waals surface area (Å²) >= 11 is 0. The van der Waals surface area contributed by atoms with Gasteiger partial charge in [0.2, 0.25) is 0 Å². The molecule has 0 heterocycles. The molecule has 0 spiro atoms. The van der Waals surface area contributed by atoms with Crippen LogP contribution in [0.25, 0.3) is 21.5 Å². The molecule has 0 aliphatic carbocycles. The Balaban J connectivity index is 2.63. The van der Waals surface area contributed by atoms with Crippen molar-refractivity contribution in [3.05, 3.63) is 30.3 Å². The van der Waals surface area contributed by atoms with E-state index in [1.165, 1.54) is 13.1 Å². The van der Waals surface area contributed by atoms with Crippen molar-refractivity contribution in [3.8, 4) is 23.0 Å². The van der Waals surface area contributed by atoms with Crippen molar-refractivity contribution in [3.63, 3.8) is 0 Å². The van der Waals surface area contributed by atoms with E-state index < -0.39 is 0 Å². The standard InChI is InChI=1S/C15H14N2O4/c1-17(16)9-6-10(18)11-12(15(9)21)14(20)8-5-3-2-4-7(8)13(11)19/h2-6,18-21H,16H2,1H3. The number of benzene rings is 3. The van der Waals surface area contributed by atoms with Crippen molar-refractivity contribution >= 4 is 27.2 Å². The molecule has 0 aliphatic heterocycles. The highest BCUT2D eigenvalue weighted by molar-refractivity contribution is 6.16. The van der Waals surface area contributed by atoms with Crippen molar-refractivity contribution in [2.45, 2.75) is 0 Å². The Bertz CT molecular complexity index is 875. The molecule has 108 valence electrons. The molecule has 21 heavy (non-hydrogen) atoms. The van der Waals surface area contributed by atoms with Crippen LogP contribution < -0.4 is 10.9 Å². The second kappa shape index (κ2) is 4.32. The zero-order chi connectivity index (χ0) is 15.3. The highest BCUT2D eigenvalue weighted by atomic mass is 16.3. The summed E-state index contributed by atoms with van der Waals surface area (Å²) in [7, 11) is 1.48. The van der Waals surface area contributed by atoms with Crippen molar-refractivity contribution in [1.29, 1.82) is 0 Å². The van der Waals surface area contributed by atoms with Crippen LogP contribution in [0.1, 0.15) is 0 Å². The van der Waals surface area contributed by atoms with Crippen LogP contribution in [0.4, 0.5) is 5.69 Å². The predicted molar refractivity (Wildman–Crippen MR) is 80.7 cm³/mol. The average molecular weight is 286 g/mol. The van der Waals surface area contributed by atoms with Crippen molar-refractivity contribution in [2.24, 2.45) is 5.84 Å². The maximum Gasteiger partial charge on any atom is 0.152 e.